The van der Waals surface area contributed by atoms with Crippen LogP contribution < -0.4 is 5.32 Å². The van der Waals surface area contributed by atoms with Crippen LogP contribution in [0, 0.1) is 6.92 Å². The summed E-state index contributed by atoms with van der Waals surface area (Å²) >= 11 is 0. The van der Waals surface area contributed by atoms with Crippen molar-refractivity contribution in [2.45, 2.75) is 13.5 Å². The first-order valence-electron chi connectivity index (χ1n) is 6.00. The highest BCUT2D eigenvalue weighted by Crippen LogP contribution is 2.01. The van der Waals surface area contributed by atoms with Crippen LogP contribution in [0.25, 0.3) is 0 Å². The molecule has 0 amide bonds. The van der Waals surface area contributed by atoms with Crippen LogP contribution in [0.2, 0.25) is 0 Å². The molecule has 2 rings (SSSR count). The summed E-state index contributed by atoms with van der Waals surface area (Å²) < 4.78 is 5.55. The first kappa shape index (κ1) is 12.5. The number of hydrogen-bond donors (Lipinski definition) is 1. The summed E-state index contributed by atoms with van der Waals surface area (Å²) in [6, 6.07) is 12.0. The maximum Gasteiger partial charge on any atom is 0.222 e. The van der Waals surface area contributed by atoms with E-state index in [1.165, 1.54) is 5.56 Å². The Morgan fingerprint density at radius 1 is 1.17 bits per heavy atom. The molecule has 0 saturated heterocycles. The molecule has 0 aliphatic carbocycles. The third-order valence-electron chi connectivity index (χ3n) is 2.44. The van der Waals surface area contributed by atoms with Gasteiger partial charge in [-0.05, 0) is 18.6 Å². The van der Waals surface area contributed by atoms with E-state index < -0.39 is 0 Å². The zero-order valence-corrected chi connectivity index (χ0v) is 10.5. The SMILES string of the molecule is Cc1ccnc(NCCOCc2ccccc2)n1. The minimum absolute atomic E-state index is 0.631. The molecule has 0 atom stereocenters. The number of aromatic nitrogens is 2. The highest BCUT2D eigenvalue weighted by atomic mass is 16.5. The van der Waals surface area contributed by atoms with Gasteiger partial charge >= 0.3 is 0 Å². The van der Waals surface area contributed by atoms with Crippen molar-refractivity contribution in [2.75, 3.05) is 18.5 Å². The lowest BCUT2D eigenvalue weighted by atomic mass is 10.2. The maximum absolute atomic E-state index is 5.55. The van der Waals surface area contributed by atoms with Gasteiger partial charge in [0.05, 0.1) is 13.2 Å². The van der Waals surface area contributed by atoms with Gasteiger partial charge in [-0.15, -0.1) is 0 Å². The first-order valence-corrected chi connectivity index (χ1v) is 6.00. The Morgan fingerprint density at radius 3 is 2.78 bits per heavy atom. The molecule has 1 aromatic carbocycles. The average molecular weight is 243 g/mol. The molecule has 4 nitrogen and oxygen atoms in total. The number of ether oxygens (including phenoxy) is 1. The van der Waals surface area contributed by atoms with Gasteiger partial charge in [-0.3, -0.25) is 0 Å². The Hall–Kier alpha value is -1.94. The molecule has 1 N–H and O–H groups in total. The lowest BCUT2D eigenvalue weighted by Gasteiger charge is -2.06. The normalized spacial score (nSPS) is 10.3. The molecule has 94 valence electrons. The Morgan fingerprint density at radius 2 is 2.00 bits per heavy atom. The quantitative estimate of drug-likeness (QED) is 0.791. The van der Waals surface area contributed by atoms with Gasteiger partial charge in [-0.2, -0.15) is 0 Å². The van der Waals surface area contributed by atoms with Gasteiger partial charge in [0.1, 0.15) is 0 Å². The monoisotopic (exact) mass is 243 g/mol. The smallest absolute Gasteiger partial charge is 0.222 e. The molecule has 0 spiro atoms. The Kier molecular flexibility index (Phi) is 4.67. The van der Waals surface area contributed by atoms with Crippen LogP contribution >= 0.6 is 0 Å². The zero-order chi connectivity index (χ0) is 12.6. The topological polar surface area (TPSA) is 47.0 Å². The lowest BCUT2D eigenvalue weighted by Crippen LogP contribution is -2.11. The molecule has 0 saturated carbocycles. The van der Waals surface area contributed by atoms with E-state index in [2.05, 4.69) is 27.4 Å². The number of nitrogens with one attached hydrogen (secondary N) is 1. The second kappa shape index (κ2) is 6.71. The lowest BCUT2D eigenvalue weighted by molar-refractivity contribution is 0.130. The van der Waals surface area contributed by atoms with Crippen molar-refractivity contribution in [1.82, 2.24) is 9.97 Å². The van der Waals surface area contributed by atoms with Crippen LogP contribution in [0.5, 0.6) is 0 Å². The van der Waals surface area contributed by atoms with Crippen molar-refractivity contribution in [2.24, 2.45) is 0 Å². The summed E-state index contributed by atoms with van der Waals surface area (Å²) in [5.74, 6) is 0.651. The van der Waals surface area contributed by atoms with E-state index in [1.54, 1.807) is 6.20 Å². The van der Waals surface area contributed by atoms with E-state index in [4.69, 9.17) is 4.74 Å². The molecule has 1 aromatic heterocycles. The Labute approximate surface area is 107 Å². The van der Waals surface area contributed by atoms with E-state index >= 15 is 0 Å². The minimum Gasteiger partial charge on any atom is -0.375 e. The number of anilines is 1. The highest BCUT2D eigenvalue weighted by molar-refractivity contribution is 5.24. The highest BCUT2D eigenvalue weighted by Gasteiger charge is 1.95. The molecule has 2 aromatic rings. The van der Waals surface area contributed by atoms with Crippen molar-refractivity contribution >= 4 is 5.95 Å². The maximum atomic E-state index is 5.55. The fraction of sp³-hybridized carbons (Fsp3) is 0.286. The van der Waals surface area contributed by atoms with E-state index in [0.29, 0.717) is 25.7 Å². The Balaban J connectivity index is 1.65. The van der Waals surface area contributed by atoms with Gasteiger partial charge in [-0.1, -0.05) is 30.3 Å². The zero-order valence-electron chi connectivity index (χ0n) is 10.5. The molecule has 18 heavy (non-hydrogen) atoms. The van der Waals surface area contributed by atoms with E-state index in [0.717, 1.165) is 5.69 Å². The number of aryl methyl sites for hydroxylation is 1. The third-order valence-corrected chi connectivity index (χ3v) is 2.44. The van der Waals surface area contributed by atoms with Crippen LogP contribution in [0.3, 0.4) is 0 Å². The molecule has 0 fully saturated rings. The predicted molar refractivity (Wildman–Crippen MR) is 71.4 cm³/mol. The summed E-state index contributed by atoms with van der Waals surface area (Å²) in [6.07, 6.45) is 1.75. The molecule has 0 aliphatic heterocycles. The van der Waals surface area contributed by atoms with Gasteiger partial charge < -0.3 is 10.1 Å². The largest absolute Gasteiger partial charge is 0.375 e. The van der Waals surface area contributed by atoms with Gasteiger partial charge in [0.2, 0.25) is 5.95 Å². The average Bonchev–Trinajstić information content (AvgIpc) is 2.40. The number of hydrogen-bond acceptors (Lipinski definition) is 4. The molecule has 0 unspecified atom stereocenters. The second-order valence-electron chi connectivity index (χ2n) is 3.99. The van der Waals surface area contributed by atoms with Crippen molar-refractivity contribution in [1.29, 1.82) is 0 Å². The molecule has 4 heteroatoms. The van der Waals surface area contributed by atoms with E-state index in [1.807, 2.05) is 31.2 Å². The molecule has 0 radical (unpaired) electrons. The van der Waals surface area contributed by atoms with Crippen LogP contribution in [-0.4, -0.2) is 23.1 Å². The van der Waals surface area contributed by atoms with E-state index in [-0.39, 0.29) is 0 Å². The van der Waals surface area contributed by atoms with Gasteiger partial charge in [0.15, 0.2) is 0 Å². The van der Waals surface area contributed by atoms with Crippen LogP contribution in [0.1, 0.15) is 11.3 Å². The first-order chi connectivity index (χ1) is 8.84. The molecule has 0 aliphatic rings. The fourth-order valence-corrected chi connectivity index (χ4v) is 1.53. The summed E-state index contributed by atoms with van der Waals surface area (Å²) in [7, 11) is 0. The van der Waals surface area contributed by atoms with Crippen LogP contribution in [0.15, 0.2) is 42.6 Å². The number of benzene rings is 1. The van der Waals surface area contributed by atoms with Crippen molar-refractivity contribution < 1.29 is 4.74 Å². The fourth-order valence-electron chi connectivity index (χ4n) is 1.53. The number of nitrogens with zero attached hydrogens (tertiary/aromatic N) is 2. The second-order valence-corrected chi connectivity index (χ2v) is 3.99. The summed E-state index contributed by atoms with van der Waals surface area (Å²) in [5, 5.41) is 3.12. The van der Waals surface area contributed by atoms with Crippen molar-refractivity contribution in [3.8, 4) is 0 Å². The third kappa shape index (κ3) is 4.14. The summed E-state index contributed by atoms with van der Waals surface area (Å²) in [4.78, 5) is 8.37. The summed E-state index contributed by atoms with van der Waals surface area (Å²) in [5.41, 5.74) is 2.14. The van der Waals surface area contributed by atoms with E-state index in [9.17, 15) is 0 Å². The number of rotatable bonds is 6. The van der Waals surface area contributed by atoms with Crippen molar-refractivity contribution in [3.05, 3.63) is 53.9 Å². The molecular weight excluding hydrogens is 226 g/mol. The van der Waals surface area contributed by atoms with Crippen LogP contribution in [0.4, 0.5) is 5.95 Å². The molecular formula is C14H17N3O. The molecule has 1 heterocycles. The van der Waals surface area contributed by atoms with Gasteiger partial charge in [0.25, 0.3) is 0 Å². The predicted octanol–water partition coefficient (Wildman–Crippen LogP) is 2.41. The summed E-state index contributed by atoms with van der Waals surface area (Å²) in [6.45, 7) is 3.92. The van der Waals surface area contributed by atoms with Crippen LogP contribution in [-0.2, 0) is 11.3 Å². The van der Waals surface area contributed by atoms with Crippen molar-refractivity contribution in [3.63, 3.8) is 0 Å². The van der Waals surface area contributed by atoms with Gasteiger partial charge in [-0.25, -0.2) is 9.97 Å². The van der Waals surface area contributed by atoms with Gasteiger partial charge in [0, 0.05) is 18.4 Å². The Bertz CT molecular complexity index is 473. The standard InChI is InChI=1S/C14H17N3O/c1-12-7-8-15-14(17-12)16-9-10-18-11-13-5-3-2-4-6-13/h2-8H,9-11H2,1H3,(H,15,16,17). The molecule has 0 bridgehead atoms. The minimum atomic E-state index is 0.631.